The fourth-order valence-corrected chi connectivity index (χ4v) is 3.98. The van der Waals surface area contributed by atoms with E-state index in [0.717, 1.165) is 25.7 Å². The van der Waals surface area contributed by atoms with E-state index in [4.69, 9.17) is 9.52 Å². The van der Waals surface area contributed by atoms with Gasteiger partial charge in [0.2, 0.25) is 0 Å². The molecule has 2 amide bonds. The van der Waals surface area contributed by atoms with Crippen LogP contribution in [-0.4, -0.2) is 30.2 Å². The highest BCUT2D eigenvalue weighted by Gasteiger charge is 2.23. The molecule has 134 valence electrons. The number of hydrogen-bond acceptors (Lipinski definition) is 5. The summed E-state index contributed by atoms with van der Waals surface area (Å²) >= 11 is 1.21. The fraction of sp³-hybridized carbons (Fsp3) is 0.471. The minimum atomic E-state index is -1.33. The molecule has 0 spiro atoms. The molecule has 0 aromatic carbocycles. The largest absolute Gasteiger partial charge is 0.477 e. The molecule has 3 rings (SSSR count). The third-order valence-electron chi connectivity index (χ3n) is 4.62. The Labute approximate surface area is 148 Å². The summed E-state index contributed by atoms with van der Waals surface area (Å²) in [5, 5.41) is 12.6. The highest BCUT2D eigenvalue weighted by molar-refractivity contribution is 7.22. The van der Waals surface area contributed by atoms with E-state index in [-0.39, 0.29) is 17.7 Å². The lowest BCUT2D eigenvalue weighted by Crippen LogP contribution is -2.44. The summed E-state index contributed by atoms with van der Waals surface area (Å²) in [5.74, 6) is -0.622. The smallest absolute Gasteiger partial charge is 0.351 e. The van der Waals surface area contributed by atoms with Crippen molar-refractivity contribution < 1.29 is 19.1 Å². The van der Waals surface area contributed by atoms with Crippen LogP contribution >= 0.6 is 11.3 Å². The van der Waals surface area contributed by atoms with Gasteiger partial charge in [0.15, 0.2) is 5.58 Å². The van der Waals surface area contributed by atoms with E-state index in [9.17, 15) is 14.4 Å². The number of carboxylic acid groups (broad SMARTS) is 1. The van der Waals surface area contributed by atoms with Gasteiger partial charge < -0.3 is 14.8 Å². The molecular weight excluding hydrogens is 344 g/mol. The molecule has 1 aliphatic carbocycles. The average molecular weight is 364 g/mol. The molecule has 0 atom stereocenters. The normalized spacial score (nSPS) is 20.4. The van der Waals surface area contributed by atoms with Crippen LogP contribution in [0.25, 0.3) is 10.3 Å². The summed E-state index contributed by atoms with van der Waals surface area (Å²) in [5.41, 5.74) is -1.03. The molecule has 0 aliphatic heterocycles. The number of thiophene rings is 1. The van der Waals surface area contributed by atoms with Gasteiger partial charge in [-0.1, -0.05) is 6.92 Å². The predicted octanol–water partition coefficient (Wildman–Crippen LogP) is 3.28. The number of nitrogens with one attached hydrogen (secondary N) is 1. The Kier molecular flexibility index (Phi) is 4.80. The quantitative estimate of drug-likeness (QED) is 0.870. The maximum Gasteiger partial charge on any atom is 0.351 e. The number of rotatable bonds is 3. The molecule has 8 heteroatoms. The summed E-state index contributed by atoms with van der Waals surface area (Å²) in [6.45, 7) is 2.22. The molecule has 0 radical (unpaired) electrons. The molecule has 2 heterocycles. The van der Waals surface area contributed by atoms with E-state index in [2.05, 4.69) is 12.2 Å². The Morgan fingerprint density at radius 2 is 1.96 bits per heavy atom. The number of amides is 2. The van der Waals surface area contributed by atoms with Crippen molar-refractivity contribution in [2.45, 2.75) is 38.6 Å². The number of urea groups is 1. The van der Waals surface area contributed by atoms with Gasteiger partial charge in [0, 0.05) is 19.2 Å². The molecule has 0 unspecified atom stereocenters. The number of anilines is 1. The number of nitrogens with zero attached hydrogens (tertiary/aromatic N) is 1. The SMILES string of the molecule is CC1CCC(NC(=O)N(C)c2cc3oc(=O)c(C(=O)O)cc3s2)CC1. The topological polar surface area (TPSA) is 99.9 Å². The number of hydrogen-bond donors (Lipinski definition) is 2. The Bertz CT molecular complexity index is 864. The van der Waals surface area contributed by atoms with Gasteiger partial charge in [-0.25, -0.2) is 14.4 Å². The second-order valence-corrected chi connectivity index (χ2v) is 7.59. The van der Waals surface area contributed by atoms with Gasteiger partial charge in [0.25, 0.3) is 0 Å². The molecular formula is C17H20N2O5S. The lowest BCUT2D eigenvalue weighted by molar-refractivity contribution is 0.0692. The third kappa shape index (κ3) is 3.68. The highest BCUT2D eigenvalue weighted by atomic mass is 32.1. The monoisotopic (exact) mass is 364 g/mol. The van der Waals surface area contributed by atoms with Crippen molar-refractivity contribution >= 4 is 38.6 Å². The molecule has 25 heavy (non-hydrogen) atoms. The van der Waals surface area contributed by atoms with Crippen LogP contribution in [0.15, 0.2) is 21.3 Å². The first-order valence-corrected chi connectivity index (χ1v) is 9.02. The van der Waals surface area contributed by atoms with Gasteiger partial charge in [0.1, 0.15) is 10.6 Å². The molecule has 1 aliphatic rings. The first-order chi connectivity index (χ1) is 11.8. The van der Waals surface area contributed by atoms with E-state index >= 15 is 0 Å². The zero-order valence-electron chi connectivity index (χ0n) is 14.1. The average Bonchev–Trinajstić information content (AvgIpc) is 2.97. The molecule has 1 saturated carbocycles. The zero-order valence-corrected chi connectivity index (χ0v) is 14.9. The summed E-state index contributed by atoms with van der Waals surface area (Å²) in [6.07, 6.45) is 4.18. The van der Waals surface area contributed by atoms with Crippen LogP contribution in [0.3, 0.4) is 0 Å². The van der Waals surface area contributed by atoms with Gasteiger partial charge in [-0.05, 0) is 37.7 Å². The lowest BCUT2D eigenvalue weighted by atomic mass is 9.87. The Hall–Kier alpha value is -2.35. The van der Waals surface area contributed by atoms with Crippen LogP contribution in [0.5, 0.6) is 0 Å². The minimum Gasteiger partial charge on any atom is -0.477 e. The van der Waals surface area contributed by atoms with Crippen LogP contribution in [0.2, 0.25) is 0 Å². The van der Waals surface area contributed by atoms with Crippen LogP contribution in [0, 0.1) is 5.92 Å². The molecule has 2 aromatic rings. The first kappa shape index (κ1) is 17.5. The molecule has 0 bridgehead atoms. The number of fused-ring (bicyclic) bond motifs is 1. The van der Waals surface area contributed by atoms with Crippen LogP contribution in [0.1, 0.15) is 43.0 Å². The van der Waals surface area contributed by atoms with E-state index in [1.54, 1.807) is 13.1 Å². The molecule has 2 aromatic heterocycles. The van der Waals surface area contributed by atoms with Gasteiger partial charge in [-0.15, -0.1) is 11.3 Å². The molecule has 1 fully saturated rings. The van der Waals surface area contributed by atoms with Crippen LogP contribution in [0.4, 0.5) is 9.80 Å². The molecule has 2 N–H and O–H groups in total. The van der Waals surface area contributed by atoms with Crippen molar-refractivity contribution in [3.63, 3.8) is 0 Å². The van der Waals surface area contributed by atoms with Crippen molar-refractivity contribution in [3.05, 3.63) is 28.1 Å². The minimum absolute atomic E-state index is 0.178. The van der Waals surface area contributed by atoms with Crippen LogP contribution in [-0.2, 0) is 0 Å². The Balaban J connectivity index is 1.77. The number of carboxylic acids is 1. The third-order valence-corrected chi connectivity index (χ3v) is 5.76. The predicted molar refractivity (Wildman–Crippen MR) is 95.7 cm³/mol. The van der Waals surface area contributed by atoms with Crippen molar-refractivity contribution in [2.75, 3.05) is 11.9 Å². The summed E-state index contributed by atoms with van der Waals surface area (Å²) < 4.78 is 5.55. The number of aromatic carboxylic acids is 1. The van der Waals surface area contributed by atoms with Gasteiger partial charge in [-0.2, -0.15) is 0 Å². The second kappa shape index (κ2) is 6.87. The number of carbonyl (C=O) groups excluding carboxylic acids is 1. The Morgan fingerprint density at radius 3 is 2.60 bits per heavy atom. The van der Waals surface area contributed by atoms with Crippen molar-refractivity contribution in [1.29, 1.82) is 0 Å². The second-order valence-electron chi connectivity index (χ2n) is 6.53. The fourth-order valence-electron chi connectivity index (χ4n) is 2.99. The highest BCUT2D eigenvalue weighted by Crippen LogP contribution is 2.32. The first-order valence-electron chi connectivity index (χ1n) is 8.20. The van der Waals surface area contributed by atoms with Crippen molar-refractivity contribution in [3.8, 4) is 0 Å². The summed E-state index contributed by atoms with van der Waals surface area (Å²) in [4.78, 5) is 36.6. The van der Waals surface area contributed by atoms with Gasteiger partial charge >= 0.3 is 17.6 Å². The zero-order chi connectivity index (χ0) is 18.1. The van der Waals surface area contributed by atoms with E-state index in [1.165, 1.54) is 22.3 Å². The maximum absolute atomic E-state index is 12.4. The summed E-state index contributed by atoms with van der Waals surface area (Å²) in [7, 11) is 1.64. The van der Waals surface area contributed by atoms with Crippen LogP contribution < -0.4 is 15.8 Å². The number of carbonyl (C=O) groups is 2. The van der Waals surface area contributed by atoms with Crippen molar-refractivity contribution in [1.82, 2.24) is 5.32 Å². The lowest BCUT2D eigenvalue weighted by Gasteiger charge is -2.28. The molecule has 0 saturated heterocycles. The Morgan fingerprint density at radius 1 is 1.28 bits per heavy atom. The van der Waals surface area contributed by atoms with Gasteiger partial charge in [-0.3, -0.25) is 4.90 Å². The van der Waals surface area contributed by atoms with Gasteiger partial charge in [0.05, 0.1) is 4.70 Å². The van der Waals surface area contributed by atoms with E-state index < -0.39 is 17.2 Å². The summed E-state index contributed by atoms with van der Waals surface area (Å²) in [6, 6.07) is 2.82. The standard InChI is InChI=1S/C17H20N2O5S/c1-9-3-5-10(6-4-9)18-17(23)19(2)14-8-12-13(25-14)7-11(15(20)21)16(22)24-12/h7-10H,3-6H2,1-2H3,(H,18,23)(H,20,21). The van der Waals surface area contributed by atoms with E-state index in [1.807, 2.05) is 0 Å². The van der Waals surface area contributed by atoms with Crippen molar-refractivity contribution in [2.24, 2.45) is 5.92 Å². The molecule has 7 nitrogen and oxygen atoms in total. The van der Waals surface area contributed by atoms with E-state index in [0.29, 0.717) is 15.6 Å². The maximum atomic E-state index is 12.4.